The molecule has 0 saturated carbocycles. The van der Waals surface area contributed by atoms with E-state index in [-0.39, 0.29) is 17.1 Å². The molecule has 3 nitrogen and oxygen atoms in total. The Kier molecular flexibility index (Phi) is 4.44. The van der Waals surface area contributed by atoms with Gasteiger partial charge in [-0.1, -0.05) is 6.07 Å². The van der Waals surface area contributed by atoms with Gasteiger partial charge >= 0.3 is 6.11 Å². The predicted molar refractivity (Wildman–Crippen MR) is 88.0 cm³/mol. The zero-order valence-electron chi connectivity index (χ0n) is 13.6. The lowest BCUT2D eigenvalue weighted by atomic mass is 10.1. The van der Waals surface area contributed by atoms with E-state index >= 15 is 0 Å². The molecule has 0 atom stereocenters. The first-order chi connectivity index (χ1) is 11.9. The molecule has 0 amide bonds. The minimum atomic E-state index is -3.54. The molecular weight excluding hydrogens is 333 g/mol. The summed E-state index contributed by atoms with van der Waals surface area (Å²) in [6.45, 7) is 0. The quantitative estimate of drug-likeness (QED) is 0.640. The van der Waals surface area contributed by atoms with Crippen LogP contribution in [0, 0.1) is 5.82 Å². The highest BCUT2D eigenvalue weighted by Crippen LogP contribution is 2.34. The molecule has 0 saturated heterocycles. The number of methoxy groups -OCH3 is 2. The van der Waals surface area contributed by atoms with E-state index in [0.717, 1.165) is 0 Å². The summed E-state index contributed by atoms with van der Waals surface area (Å²) in [5, 5.41) is 1.08. The van der Waals surface area contributed by atoms with Crippen LogP contribution in [0.5, 0.6) is 17.2 Å². The molecule has 0 spiro atoms. The van der Waals surface area contributed by atoms with Crippen molar-refractivity contribution >= 4 is 10.8 Å². The van der Waals surface area contributed by atoms with Crippen molar-refractivity contribution in [1.29, 1.82) is 0 Å². The van der Waals surface area contributed by atoms with Gasteiger partial charge in [-0.3, -0.25) is 0 Å². The van der Waals surface area contributed by atoms with Crippen LogP contribution < -0.4 is 14.2 Å². The highest BCUT2D eigenvalue weighted by atomic mass is 19.3. The van der Waals surface area contributed by atoms with Crippen LogP contribution in [-0.4, -0.2) is 14.2 Å². The van der Waals surface area contributed by atoms with Gasteiger partial charge in [0.25, 0.3) is 0 Å². The van der Waals surface area contributed by atoms with Crippen LogP contribution in [0.1, 0.15) is 5.56 Å². The number of halogens is 3. The fourth-order valence-electron chi connectivity index (χ4n) is 2.44. The number of hydrogen-bond acceptors (Lipinski definition) is 3. The number of alkyl halides is 2. The zero-order chi connectivity index (χ0) is 18.0. The lowest BCUT2D eigenvalue weighted by Crippen LogP contribution is -2.21. The maximum Gasteiger partial charge on any atom is 0.426 e. The maximum atomic E-state index is 14.3. The molecule has 0 unspecified atom stereocenters. The number of fused-ring (bicyclic) bond motifs is 1. The molecule has 0 aromatic heterocycles. The zero-order valence-corrected chi connectivity index (χ0v) is 13.6. The van der Waals surface area contributed by atoms with Crippen LogP contribution in [0.2, 0.25) is 0 Å². The largest absolute Gasteiger partial charge is 0.497 e. The third-order valence-electron chi connectivity index (χ3n) is 3.75. The predicted octanol–water partition coefficient (Wildman–Crippen LogP) is 5.12. The molecule has 0 radical (unpaired) electrons. The smallest absolute Gasteiger partial charge is 0.426 e. The average Bonchev–Trinajstić information content (AvgIpc) is 2.60. The summed E-state index contributed by atoms with van der Waals surface area (Å²) in [6, 6.07) is 12.3. The van der Waals surface area contributed by atoms with Crippen molar-refractivity contribution < 1.29 is 27.4 Å². The van der Waals surface area contributed by atoms with E-state index in [4.69, 9.17) is 14.2 Å². The molecule has 0 aliphatic carbocycles. The molecule has 0 N–H and O–H groups in total. The third kappa shape index (κ3) is 3.47. The molecule has 0 fully saturated rings. The molecule has 0 heterocycles. The second-order valence-corrected chi connectivity index (χ2v) is 5.34. The fraction of sp³-hybridized carbons (Fsp3) is 0.158. The van der Waals surface area contributed by atoms with Gasteiger partial charge in [-0.25, -0.2) is 4.39 Å². The van der Waals surface area contributed by atoms with E-state index in [1.165, 1.54) is 62.8 Å². The van der Waals surface area contributed by atoms with Gasteiger partial charge in [0, 0.05) is 0 Å². The van der Waals surface area contributed by atoms with Crippen molar-refractivity contribution in [3.05, 3.63) is 66.0 Å². The Bertz CT molecular complexity index is 892. The van der Waals surface area contributed by atoms with Crippen LogP contribution in [0.25, 0.3) is 10.8 Å². The summed E-state index contributed by atoms with van der Waals surface area (Å²) in [5.74, 6) is -0.0913. The molecule has 6 heteroatoms. The highest BCUT2D eigenvalue weighted by Gasteiger charge is 2.34. The Balaban J connectivity index is 1.90. The van der Waals surface area contributed by atoms with Crippen molar-refractivity contribution in [2.24, 2.45) is 0 Å². The summed E-state index contributed by atoms with van der Waals surface area (Å²) in [6.07, 6.45) is -3.54. The highest BCUT2D eigenvalue weighted by molar-refractivity contribution is 5.85. The van der Waals surface area contributed by atoms with Gasteiger partial charge < -0.3 is 14.2 Å². The van der Waals surface area contributed by atoms with E-state index in [0.29, 0.717) is 16.5 Å². The van der Waals surface area contributed by atoms with E-state index in [9.17, 15) is 13.2 Å². The normalized spacial score (nSPS) is 11.4. The summed E-state index contributed by atoms with van der Waals surface area (Å²) >= 11 is 0. The van der Waals surface area contributed by atoms with Crippen molar-refractivity contribution in [1.82, 2.24) is 0 Å². The summed E-state index contributed by atoms with van der Waals surface area (Å²) in [4.78, 5) is 0. The van der Waals surface area contributed by atoms with Gasteiger partial charge in [-0.05, 0) is 59.3 Å². The first-order valence-corrected chi connectivity index (χ1v) is 7.41. The molecular formula is C19H15F3O3. The topological polar surface area (TPSA) is 27.7 Å². The Morgan fingerprint density at radius 3 is 2.08 bits per heavy atom. The van der Waals surface area contributed by atoms with Gasteiger partial charge in [-0.2, -0.15) is 8.78 Å². The monoisotopic (exact) mass is 348 g/mol. The van der Waals surface area contributed by atoms with E-state index in [1.807, 2.05) is 0 Å². The number of hydrogen-bond donors (Lipinski definition) is 0. The van der Waals surface area contributed by atoms with Crippen LogP contribution in [0.3, 0.4) is 0 Å². The Morgan fingerprint density at radius 2 is 1.44 bits per heavy atom. The van der Waals surface area contributed by atoms with Gasteiger partial charge in [0.2, 0.25) is 0 Å². The minimum Gasteiger partial charge on any atom is -0.497 e. The van der Waals surface area contributed by atoms with Gasteiger partial charge in [0.1, 0.15) is 11.5 Å². The molecule has 0 aliphatic heterocycles. The van der Waals surface area contributed by atoms with Crippen LogP contribution in [-0.2, 0) is 6.11 Å². The minimum absolute atomic E-state index is 0.0714. The molecule has 3 rings (SSSR count). The number of benzene rings is 3. The first kappa shape index (κ1) is 17.0. The van der Waals surface area contributed by atoms with Crippen molar-refractivity contribution in [2.75, 3.05) is 14.2 Å². The Labute approximate surface area is 142 Å². The summed E-state index contributed by atoms with van der Waals surface area (Å²) in [7, 11) is 2.81. The Hall–Kier alpha value is -2.89. The molecule has 0 bridgehead atoms. The lowest BCUT2D eigenvalue weighted by Gasteiger charge is -2.19. The second-order valence-electron chi connectivity index (χ2n) is 5.34. The van der Waals surface area contributed by atoms with Crippen molar-refractivity contribution in [3.8, 4) is 17.2 Å². The molecule has 0 aliphatic rings. The van der Waals surface area contributed by atoms with E-state index in [1.54, 1.807) is 6.07 Å². The maximum absolute atomic E-state index is 14.3. The first-order valence-electron chi connectivity index (χ1n) is 7.41. The second kappa shape index (κ2) is 6.55. The third-order valence-corrected chi connectivity index (χ3v) is 3.75. The van der Waals surface area contributed by atoms with Crippen molar-refractivity contribution in [3.63, 3.8) is 0 Å². The van der Waals surface area contributed by atoms with Gasteiger partial charge in [0.15, 0.2) is 11.6 Å². The summed E-state index contributed by atoms with van der Waals surface area (Å²) < 4.78 is 57.1. The van der Waals surface area contributed by atoms with Crippen LogP contribution in [0.15, 0.2) is 54.6 Å². The van der Waals surface area contributed by atoms with Gasteiger partial charge in [-0.15, -0.1) is 0 Å². The van der Waals surface area contributed by atoms with Crippen LogP contribution >= 0.6 is 0 Å². The number of ether oxygens (including phenoxy) is 3. The van der Waals surface area contributed by atoms with Gasteiger partial charge in [0.05, 0.1) is 19.8 Å². The molecule has 25 heavy (non-hydrogen) atoms. The van der Waals surface area contributed by atoms with Crippen LogP contribution in [0.4, 0.5) is 13.2 Å². The molecule has 3 aromatic carbocycles. The standard InChI is InChI=1S/C19H15F3O3/c1-23-15-7-4-14(5-8-15)19(21,22)25-16-6-3-12-11-18(24-2)17(20)10-13(12)9-16/h3-11H,1-2H3. The Morgan fingerprint density at radius 1 is 0.760 bits per heavy atom. The molecule has 130 valence electrons. The molecule has 3 aromatic rings. The van der Waals surface area contributed by atoms with E-state index < -0.39 is 11.9 Å². The van der Waals surface area contributed by atoms with Crippen molar-refractivity contribution in [2.45, 2.75) is 6.11 Å². The number of rotatable bonds is 5. The van der Waals surface area contributed by atoms with E-state index in [2.05, 4.69) is 0 Å². The SMILES string of the molecule is COc1ccc(C(F)(F)Oc2ccc3cc(OC)c(F)cc3c2)cc1. The lowest BCUT2D eigenvalue weighted by molar-refractivity contribution is -0.185. The summed E-state index contributed by atoms with van der Waals surface area (Å²) in [5.41, 5.74) is -0.311. The average molecular weight is 348 g/mol. The fourth-order valence-corrected chi connectivity index (χ4v) is 2.44.